The van der Waals surface area contributed by atoms with Gasteiger partial charge in [0.05, 0.1) is 5.38 Å². The summed E-state index contributed by atoms with van der Waals surface area (Å²) < 4.78 is -3.07. The van der Waals surface area contributed by atoms with E-state index in [1.54, 1.807) is 0 Å². The SMILES string of the molecule is CCCCC(Cl)C(Cl)(Cl)C(Cl)(Cl)C1(Cl)C2=CC=CC21. The zero-order chi connectivity index (χ0) is 14.5. The van der Waals surface area contributed by atoms with Gasteiger partial charge in [0, 0.05) is 5.92 Å². The molecule has 2 aliphatic rings. The second-order valence-corrected chi connectivity index (χ2v) is 8.84. The van der Waals surface area contributed by atoms with Crippen LogP contribution in [0.15, 0.2) is 23.8 Å². The Bertz CT molecular complexity index is 425. The van der Waals surface area contributed by atoms with Crippen LogP contribution < -0.4 is 0 Å². The van der Waals surface area contributed by atoms with Gasteiger partial charge in [-0.05, 0) is 12.0 Å². The van der Waals surface area contributed by atoms with E-state index in [1.165, 1.54) is 0 Å². The predicted molar refractivity (Wildman–Crippen MR) is 87.3 cm³/mol. The van der Waals surface area contributed by atoms with E-state index in [0.717, 1.165) is 18.4 Å². The van der Waals surface area contributed by atoms with Crippen molar-refractivity contribution in [3.8, 4) is 0 Å². The van der Waals surface area contributed by atoms with Crippen LogP contribution in [0.1, 0.15) is 26.2 Å². The molecule has 0 amide bonds. The Balaban J connectivity index is 2.19. The zero-order valence-electron chi connectivity index (χ0n) is 10.3. The second kappa shape index (κ2) is 5.45. The van der Waals surface area contributed by atoms with E-state index in [0.29, 0.717) is 6.42 Å². The highest BCUT2D eigenvalue weighted by Gasteiger charge is 2.76. The average molecular weight is 383 g/mol. The summed E-state index contributed by atoms with van der Waals surface area (Å²) in [5, 5.41) is -0.563. The molecular formula is C13H14Cl6. The molecule has 0 N–H and O–H groups in total. The number of hydrogen-bond donors (Lipinski definition) is 0. The van der Waals surface area contributed by atoms with Gasteiger partial charge in [0.15, 0.2) is 8.67 Å². The van der Waals surface area contributed by atoms with Crippen LogP contribution in [0.5, 0.6) is 0 Å². The highest BCUT2D eigenvalue weighted by molar-refractivity contribution is 6.67. The number of allylic oxidation sites excluding steroid dienone is 4. The van der Waals surface area contributed by atoms with Crippen LogP contribution in [-0.4, -0.2) is 18.9 Å². The topological polar surface area (TPSA) is 0 Å². The van der Waals surface area contributed by atoms with Gasteiger partial charge < -0.3 is 0 Å². The van der Waals surface area contributed by atoms with Crippen LogP contribution in [0.3, 0.4) is 0 Å². The Morgan fingerprint density at radius 3 is 2.42 bits per heavy atom. The minimum atomic E-state index is -1.55. The van der Waals surface area contributed by atoms with Gasteiger partial charge in [0.25, 0.3) is 0 Å². The van der Waals surface area contributed by atoms with Crippen LogP contribution in [0.2, 0.25) is 0 Å². The molecule has 0 aromatic heterocycles. The molecule has 1 fully saturated rings. The molecule has 6 heteroatoms. The molecule has 0 aromatic carbocycles. The molecule has 1 saturated carbocycles. The minimum absolute atomic E-state index is 0.00363. The van der Waals surface area contributed by atoms with Crippen molar-refractivity contribution < 1.29 is 0 Å². The maximum Gasteiger partial charge on any atom is 0.176 e. The number of rotatable bonds is 6. The lowest BCUT2D eigenvalue weighted by Crippen LogP contribution is -2.51. The summed E-state index contributed by atoms with van der Waals surface area (Å²) in [4.78, 5) is -0.951. The molecule has 0 aromatic rings. The van der Waals surface area contributed by atoms with E-state index < -0.39 is 18.9 Å². The van der Waals surface area contributed by atoms with Gasteiger partial charge in [-0.15, -0.1) is 23.2 Å². The third-order valence-electron chi connectivity index (χ3n) is 3.76. The van der Waals surface area contributed by atoms with Crippen molar-refractivity contribution in [2.24, 2.45) is 5.92 Å². The van der Waals surface area contributed by atoms with Crippen molar-refractivity contribution in [2.75, 3.05) is 0 Å². The Kier molecular flexibility index (Phi) is 4.76. The number of halogens is 6. The van der Waals surface area contributed by atoms with Gasteiger partial charge in [-0.3, -0.25) is 0 Å². The monoisotopic (exact) mass is 380 g/mol. The molecule has 0 bridgehead atoms. The summed E-state index contributed by atoms with van der Waals surface area (Å²) in [5.74, 6) is -0.00363. The van der Waals surface area contributed by atoms with Crippen LogP contribution in [0.4, 0.5) is 0 Å². The molecule has 2 rings (SSSR count). The van der Waals surface area contributed by atoms with Gasteiger partial charge in [-0.25, -0.2) is 0 Å². The highest BCUT2D eigenvalue weighted by Crippen LogP contribution is 2.72. The van der Waals surface area contributed by atoms with E-state index in [-0.39, 0.29) is 5.92 Å². The minimum Gasteiger partial charge on any atom is -0.120 e. The summed E-state index contributed by atoms with van der Waals surface area (Å²) in [7, 11) is 0. The van der Waals surface area contributed by atoms with Crippen molar-refractivity contribution in [3.05, 3.63) is 23.8 Å². The lowest BCUT2D eigenvalue weighted by Gasteiger charge is -2.39. The molecule has 3 atom stereocenters. The van der Waals surface area contributed by atoms with Crippen molar-refractivity contribution in [2.45, 2.75) is 45.1 Å². The van der Waals surface area contributed by atoms with Crippen molar-refractivity contribution in [1.82, 2.24) is 0 Å². The fourth-order valence-electron chi connectivity index (χ4n) is 2.46. The van der Waals surface area contributed by atoms with E-state index in [1.807, 2.05) is 18.2 Å². The first-order chi connectivity index (χ1) is 8.71. The molecule has 0 radical (unpaired) electrons. The first-order valence-corrected chi connectivity index (χ1v) is 8.51. The quantitative estimate of drug-likeness (QED) is 0.477. The third kappa shape index (κ3) is 2.35. The van der Waals surface area contributed by atoms with Gasteiger partial charge in [-0.2, -0.15) is 0 Å². The molecule has 0 saturated heterocycles. The Morgan fingerprint density at radius 2 is 1.95 bits per heavy atom. The predicted octanol–water partition coefficient (Wildman–Crippen LogP) is 6.24. The van der Waals surface area contributed by atoms with E-state index in [4.69, 9.17) is 69.6 Å². The van der Waals surface area contributed by atoms with Gasteiger partial charge in [-0.1, -0.05) is 84.4 Å². The number of fused-ring (bicyclic) bond motifs is 1. The normalized spacial score (nSPS) is 31.1. The summed E-state index contributed by atoms with van der Waals surface area (Å²) in [6, 6.07) is 0. The Labute approximate surface area is 144 Å². The lowest BCUT2D eigenvalue weighted by atomic mass is 10.0. The lowest BCUT2D eigenvalue weighted by molar-refractivity contribution is 0.538. The molecular weight excluding hydrogens is 369 g/mol. The third-order valence-corrected chi connectivity index (χ3v) is 8.13. The van der Waals surface area contributed by atoms with Gasteiger partial charge >= 0.3 is 0 Å². The zero-order valence-corrected chi connectivity index (χ0v) is 14.8. The highest BCUT2D eigenvalue weighted by atomic mass is 35.5. The fraction of sp³-hybridized carbons (Fsp3) is 0.692. The number of unbranched alkanes of at least 4 members (excludes halogenated alkanes) is 1. The van der Waals surface area contributed by atoms with E-state index in [2.05, 4.69) is 6.92 Å². The van der Waals surface area contributed by atoms with Crippen molar-refractivity contribution in [1.29, 1.82) is 0 Å². The summed E-state index contributed by atoms with van der Waals surface area (Å²) in [6.45, 7) is 2.06. The first kappa shape index (κ1) is 16.6. The van der Waals surface area contributed by atoms with Crippen LogP contribution >= 0.6 is 69.6 Å². The summed E-state index contributed by atoms with van der Waals surface area (Å²) >= 11 is 38.5. The van der Waals surface area contributed by atoms with Crippen molar-refractivity contribution >= 4 is 69.6 Å². The molecule has 0 heterocycles. The molecule has 0 spiro atoms. The summed E-state index contributed by atoms with van der Waals surface area (Å²) in [6.07, 6.45) is 8.30. The van der Waals surface area contributed by atoms with E-state index >= 15 is 0 Å². The maximum absolute atomic E-state index is 6.56. The van der Waals surface area contributed by atoms with Crippen LogP contribution in [0.25, 0.3) is 0 Å². The molecule has 0 aliphatic heterocycles. The molecule has 19 heavy (non-hydrogen) atoms. The van der Waals surface area contributed by atoms with E-state index in [9.17, 15) is 0 Å². The molecule has 0 nitrogen and oxygen atoms in total. The average Bonchev–Trinajstić information content (AvgIpc) is 2.77. The Hall–Kier alpha value is 1.22. The van der Waals surface area contributed by atoms with Crippen LogP contribution in [-0.2, 0) is 0 Å². The Morgan fingerprint density at radius 1 is 1.32 bits per heavy atom. The van der Waals surface area contributed by atoms with Crippen molar-refractivity contribution in [3.63, 3.8) is 0 Å². The van der Waals surface area contributed by atoms with Gasteiger partial charge in [0.2, 0.25) is 0 Å². The standard InChI is InChI=1S/C13H14Cl6/c1-2-3-7-10(14)12(16,17)13(18,19)11(15)8-5-4-6-9(8)11/h4-6,8,10H,2-3,7H2,1H3. The van der Waals surface area contributed by atoms with Crippen LogP contribution in [0, 0.1) is 5.92 Å². The summed E-state index contributed by atoms with van der Waals surface area (Å²) in [5.41, 5.74) is 0.948. The fourth-order valence-corrected chi connectivity index (χ4v) is 4.68. The smallest absolute Gasteiger partial charge is 0.120 e. The molecule has 3 unspecified atom stereocenters. The molecule has 108 valence electrons. The second-order valence-electron chi connectivity index (χ2n) is 5.00. The number of alkyl halides is 6. The van der Waals surface area contributed by atoms with Gasteiger partial charge in [0.1, 0.15) is 4.87 Å². The largest absolute Gasteiger partial charge is 0.176 e. The molecule has 2 aliphatic carbocycles. The maximum atomic E-state index is 6.56. The first-order valence-electron chi connectivity index (χ1n) is 6.18. The number of hydrogen-bond acceptors (Lipinski definition) is 0.